The van der Waals surface area contributed by atoms with Crippen molar-refractivity contribution in [2.45, 2.75) is 6.54 Å². The van der Waals surface area contributed by atoms with Gasteiger partial charge >= 0.3 is 0 Å². The lowest BCUT2D eigenvalue weighted by atomic mass is 10.0. The van der Waals surface area contributed by atoms with Crippen LogP contribution in [0.25, 0.3) is 10.8 Å². The molecule has 3 aromatic rings. The van der Waals surface area contributed by atoms with Gasteiger partial charge in [-0.05, 0) is 28.5 Å². The van der Waals surface area contributed by atoms with Crippen molar-refractivity contribution < 1.29 is 4.79 Å². The minimum atomic E-state index is -0.0965. The second-order valence-electron chi connectivity index (χ2n) is 5.09. The maximum Gasteiger partial charge on any atom is 0.242 e. The van der Waals surface area contributed by atoms with Crippen LogP contribution in [0.5, 0.6) is 0 Å². The number of carbonyl (C=O) groups excluding carboxylic acids is 1. The first-order chi connectivity index (χ1) is 10.8. The number of hydrogen-bond acceptors (Lipinski definition) is 1. The van der Waals surface area contributed by atoms with Gasteiger partial charge in [-0.1, -0.05) is 60.7 Å². The molecule has 0 aliphatic carbocycles. The third kappa shape index (κ3) is 2.97. The molecule has 0 radical (unpaired) electrons. The standard InChI is InChI=1S/C19H16ClNO/c20-13-19(22)21(17-10-2-1-3-11-17)14-16-9-6-8-15-7-4-5-12-18(15)16/h1-12H,13-14H2. The van der Waals surface area contributed by atoms with E-state index in [9.17, 15) is 4.79 Å². The minimum Gasteiger partial charge on any atom is -0.307 e. The van der Waals surface area contributed by atoms with E-state index in [4.69, 9.17) is 11.6 Å². The zero-order chi connectivity index (χ0) is 15.4. The van der Waals surface area contributed by atoms with E-state index in [1.54, 1.807) is 4.90 Å². The summed E-state index contributed by atoms with van der Waals surface area (Å²) in [4.78, 5) is 14.0. The van der Waals surface area contributed by atoms with Crippen molar-refractivity contribution in [3.05, 3.63) is 78.4 Å². The van der Waals surface area contributed by atoms with Gasteiger partial charge in [-0.2, -0.15) is 0 Å². The van der Waals surface area contributed by atoms with Crippen LogP contribution in [-0.4, -0.2) is 11.8 Å². The van der Waals surface area contributed by atoms with Gasteiger partial charge in [-0.25, -0.2) is 0 Å². The van der Waals surface area contributed by atoms with Gasteiger partial charge in [0.15, 0.2) is 0 Å². The minimum absolute atomic E-state index is 0.0281. The van der Waals surface area contributed by atoms with Crippen LogP contribution in [0.2, 0.25) is 0 Å². The molecule has 0 atom stereocenters. The number of nitrogens with zero attached hydrogens (tertiary/aromatic N) is 1. The van der Waals surface area contributed by atoms with Crippen molar-refractivity contribution in [3.8, 4) is 0 Å². The first-order valence-corrected chi connectivity index (χ1v) is 7.71. The molecular weight excluding hydrogens is 294 g/mol. The number of amides is 1. The highest BCUT2D eigenvalue weighted by molar-refractivity contribution is 6.29. The maximum atomic E-state index is 12.2. The van der Waals surface area contributed by atoms with Crippen LogP contribution in [0.3, 0.4) is 0 Å². The number of alkyl halides is 1. The molecule has 0 unspecified atom stereocenters. The number of rotatable bonds is 4. The van der Waals surface area contributed by atoms with Crippen molar-refractivity contribution in [2.75, 3.05) is 10.8 Å². The summed E-state index contributed by atoms with van der Waals surface area (Å²) in [5, 5.41) is 2.33. The van der Waals surface area contributed by atoms with Gasteiger partial charge in [0.1, 0.15) is 5.88 Å². The topological polar surface area (TPSA) is 20.3 Å². The van der Waals surface area contributed by atoms with Gasteiger partial charge in [-0.3, -0.25) is 4.79 Å². The Kier molecular flexibility index (Phi) is 4.40. The Morgan fingerprint density at radius 2 is 1.55 bits per heavy atom. The molecule has 0 N–H and O–H groups in total. The summed E-state index contributed by atoms with van der Waals surface area (Å²) < 4.78 is 0. The molecule has 0 aliphatic heterocycles. The average molecular weight is 310 g/mol. The third-order valence-electron chi connectivity index (χ3n) is 3.69. The van der Waals surface area contributed by atoms with Crippen molar-refractivity contribution in [1.29, 1.82) is 0 Å². The van der Waals surface area contributed by atoms with Crippen molar-refractivity contribution in [3.63, 3.8) is 0 Å². The zero-order valence-electron chi connectivity index (χ0n) is 12.1. The Balaban J connectivity index is 2.01. The first-order valence-electron chi connectivity index (χ1n) is 7.17. The molecule has 110 valence electrons. The summed E-state index contributed by atoms with van der Waals surface area (Å²) in [5.41, 5.74) is 1.97. The number of halogens is 1. The highest BCUT2D eigenvalue weighted by atomic mass is 35.5. The van der Waals surface area contributed by atoms with Gasteiger partial charge in [0.25, 0.3) is 0 Å². The van der Waals surface area contributed by atoms with E-state index in [2.05, 4.69) is 24.3 Å². The Hall–Kier alpha value is -2.32. The second kappa shape index (κ2) is 6.63. The van der Waals surface area contributed by atoms with Crippen molar-refractivity contribution in [2.24, 2.45) is 0 Å². The molecule has 22 heavy (non-hydrogen) atoms. The van der Waals surface area contributed by atoms with E-state index in [-0.39, 0.29) is 11.8 Å². The van der Waals surface area contributed by atoms with Crippen LogP contribution >= 0.6 is 11.6 Å². The van der Waals surface area contributed by atoms with Crippen LogP contribution in [0.4, 0.5) is 5.69 Å². The maximum absolute atomic E-state index is 12.2. The van der Waals surface area contributed by atoms with E-state index in [0.717, 1.165) is 16.6 Å². The predicted molar refractivity (Wildman–Crippen MR) is 92.3 cm³/mol. The van der Waals surface area contributed by atoms with Crippen LogP contribution in [0.1, 0.15) is 5.56 Å². The molecule has 0 heterocycles. The highest BCUT2D eigenvalue weighted by Crippen LogP contribution is 2.23. The molecule has 3 aromatic carbocycles. The number of fused-ring (bicyclic) bond motifs is 1. The zero-order valence-corrected chi connectivity index (χ0v) is 12.8. The summed E-state index contributed by atoms with van der Waals surface area (Å²) in [6.07, 6.45) is 0. The molecule has 0 spiro atoms. The lowest BCUT2D eigenvalue weighted by Gasteiger charge is -2.23. The SMILES string of the molecule is O=C(CCl)N(Cc1cccc2ccccc12)c1ccccc1. The molecule has 3 heteroatoms. The summed E-state index contributed by atoms with van der Waals surface area (Å²) in [6, 6.07) is 24.0. The summed E-state index contributed by atoms with van der Waals surface area (Å²) >= 11 is 5.79. The Morgan fingerprint density at radius 1 is 0.864 bits per heavy atom. The summed E-state index contributed by atoms with van der Waals surface area (Å²) in [5.74, 6) is -0.125. The van der Waals surface area contributed by atoms with Gasteiger partial charge in [0, 0.05) is 5.69 Å². The van der Waals surface area contributed by atoms with E-state index in [0.29, 0.717) is 6.54 Å². The molecule has 1 amide bonds. The van der Waals surface area contributed by atoms with Crippen molar-refractivity contribution >= 4 is 34.0 Å². The lowest BCUT2D eigenvalue weighted by Crippen LogP contribution is -2.31. The molecule has 0 bridgehead atoms. The fourth-order valence-electron chi connectivity index (χ4n) is 2.60. The fraction of sp³-hybridized carbons (Fsp3) is 0.105. The Morgan fingerprint density at radius 3 is 2.32 bits per heavy atom. The molecule has 0 saturated carbocycles. The summed E-state index contributed by atoms with van der Waals surface area (Å²) in [7, 11) is 0. The van der Waals surface area contributed by atoms with Crippen LogP contribution in [-0.2, 0) is 11.3 Å². The second-order valence-corrected chi connectivity index (χ2v) is 5.35. The van der Waals surface area contributed by atoms with Gasteiger partial charge in [0.2, 0.25) is 5.91 Å². The molecule has 0 aliphatic rings. The van der Waals surface area contributed by atoms with E-state index in [1.165, 1.54) is 5.39 Å². The van der Waals surface area contributed by atoms with E-state index in [1.807, 2.05) is 48.5 Å². The van der Waals surface area contributed by atoms with Crippen LogP contribution < -0.4 is 4.90 Å². The van der Waals surface area contributed by atoms with Crippen LogP contribution in [0.15, 0.2) is 72.8 Å². The van der Waals surface area contributed by atoms with E-state index < -0.39 is 0 Å². The molecular formula is C19H16ClNO. The van der Waals surface area contributed by atoms with Gasteiger partial charge in [-0.15, -0.1) is 11.6 Å². The quantitative estimate of drug-likeness (QED) is 0.644. The van der Waals surface area contributed by atoms with Gasteiger partial charge < -0.3 is 4.90 Å². The Labute approximate surface area is 134 Å². The molecule has 3 rings (SSSR count). The number of carbonyl (C=O) groups is 1. The van der Waals surface area contributed by atoms with E-state index >= 15 is 0 Å². The predicted octanol–water partition coefficient (Wildman–Crippen LogP) is 4.61. The average Bonchev–Trinajstić information content (AvgIpc) is 2.60. The third-order valence-corrected chi connectivity index (χ3v) is 3.92. The number of hydrogen-bond donors (Lipinski definition) is 0. The normalized spacial score (nSPS) is 10.6. The summed E-state index contributed by atoms with van der Waals surface area (Å²) in [6.45, 7) is 0.511. The number of benzene rings is 3. The largest absolute Gasteiger partial charge is 0.307 e. The number of anilines is 1. The molecule has 0 saturated heterocycles. The highest BCUT2D eigenvalue weighted by Gasteiger charge is 2.16. The smallest absolute Gasteiger partial charge is 0.242 e. The Bertz CT molecular complexity index is 780. The van der Waals surface area contributed by atoms with Crippen LogP contribution in [0, 0.1) is 0 Å². The van der Waals surface area contributed by atoms with Crippen molar-refractivity contribution in [1.82, 2.24) is 0 Å². The lowest BCUT2D eigenvalue weighted by molar-refractivity contribution is -0.116. The first kappa shape index (κ1) is 14.6. The fourth-order valence-corrected chi connectivity index (χ4v) is 2.75. The monoisotopic (exact) mass is 309 g/mol. The molecule has 2 nitrogen and oxygen atoms in total. The number of para-hydroxylation sites is 1. The molecule has 0 fully saturated rings. The molecule has 0 aromatic heterocycles. The van der Waals surface area contributed by atoms with Gasteiger partial charge in [0.05, 0.1) is 6.54 Å².